The van der Waals surface area contributed by atoms with Crippen molar-refractivity contribution in [2.24, 2.45) is 0 Å². The highest BCUT2D eigenvalue weighted by atomic mass is 16.3. The quantitative estimate of drug-likeness (QED) is 0.166. The van der Waals surface area contributed by atoms with Gasteiger partial charge in [0.2, 0.25) is 0 Å². The van der Waals surface area contributed by atoms with Crippen molar-refractivity contribution in [2.45, 2.75) is 93.9 Å². The maximum Gasteiger partial charge on any atom is 0.160 e. The monoisotopic (exact) mass is 936 g/mol. The third kappa shape index (κ3) is 6.11. The van der Waals surface area contributed by atoms with Gasteiger partial charge in [-0.25, -0.2) is 0 Å². The third-order valence-electron chi connectivity index (χ3n) is 16.5. The highest BCUT2D eigenvalue weighted by Gasteiger charge is 2.49. The van der Waals surface area contributed by atoms with Crippen LogP contribution in [0.25, 0.3) is 66.1 Å². The molecule has 11 aromatic rings. The number of rotatable bonds is 6. The molecule has 0 unspecified atom stereocenters. The first-order valence-corrected chi connectivity index (χ1v) is 25.6. The van der Waals surface area contributed by atoms with Crippen LogP contribution in [-0.2, 0) is 10.8 Å². The van der Waals surface area contributed by atoms with Crippen molar-refractivity contribution in [2.75, 3.05) is 9.80 Å². The molecule has 354 valence electrons. The first-order chi connectivity index (χ1) is 34.5. The maximum absolute atomic E-state index is 7.25. The third-order valence-corrected chi connectivity index (χ3v) is 16.5. The summed E-state index contributed by atoms with van der Waals surface area (Å²) in [6, 6.07) is 54.4. The molecule has 9 aromatic carbocycles. The van der Waals surface area contributed by atoms with Gasteiger partial charge >= 0.3 is 0 Å². The molecule has 0 saturated carbocycles. The van der Waals surface area contributed by atoms with Gasteiger partial charge in [-0.3, -0.25) is 0 Å². The average Bonchev–Trinajstić information content (AvgIpc) is 4.04. The normalized spacial score (nSPS) is 14.1. The number of benzene rings is 9. The molecule has 0 N–H and O–H groups in total. The van der Waals surface area contributed by atoms with Crippen LogP contribution < -0.4 is 9.80 Å². The molecule has 0 saturated heterocycles. The van der Waals surface area contributed by atoms with E-state index in [2.05, 4.69) is 238 Å². The number of furan rings is 2. The number of aryl methyl sites for hydroxylation is 8. The standard InChI is InChI=1S/C68H60N2O2/c1-37-21-27-51(41(5)31-37)69(52-28-22-38(2)32-42(52)6)55-35-50-60(66-61(55)45-17-13-15-19-57(45)72-66)48-26-25-47-59-49(67(9,10)63(47)64(48)68(50,11)12)36-56(65-62(59)46-18-14-16-20-58(46)71-65)70(53-29-23-39(3)33-43(53)7)54-30-24-40(4)34-44(54)8/h13-36H,1-12H3. The van der Waals surface area contributed by atoms with Crippen molar-refractivity contribution in [1.82, 2.24) is 0 Å². The number of hydrogen-bond donors (Lipinski definition) is 0. The highest BCUT2D eigenvalue weighted by molar-refractivity contribution is 6.22. The minimum atomic E-state index is -0.419. The first-order valence-electron chi connectivity index (χ1n) is 25.6. The predicted octanol–water partition coefficient (Wildman–Crippen LogP) is 19.5. The Morgan fingerprint density at radius 1 is 0.347 bits per heavy atom. The van der Waals surface area contributed by atoms with Gasteiger partial charge in [-0.05, 0) is 165 Å². The van der Waals surface area contributed by atoms with Crippen LogP contribution in [0.5, 0.6) is 0 Å². The number of anilines is 6. The van der Waals surface area contributed by atoms with Crippen LogP contribution in [0.4, 0.5) is 34.1 Å². The molecule has 4 nitrogen and oxygen atoms in total. The fourth-order valence-electron chi connectivity index (χ4n) is 13.2. The lowest BCUT2D eigenvalue weighted by molar-refractivity contribution is 0.600. The summed E-state index contributed by atoms with van der Waals surface area (Å²) in [5, 5.41) is 4.54. The van der Waals surface area contributed by atoms with E-state index in [-0.39, 0.29) is 0 Å². The van der Waals surface area contributed by atoms with E-state index in [1.807, 2.05) is 0 Å². The van der Waals surface area contributed by atoms with Gasteiger partial charge in [0.1, 0.15) is 16.7 Å². The molecule has 13 rings (SSSR count). The molecule has 2 heterocycles. The summed E-state index contributed by atoms with van der Waals surface area (Å²) in [5.74, 6) is 0. The van der Waals surface area contributed by atoms with E-state index in [0.717, 1.165) is 78.0 Å². The second kappa shape index (κ2) is 15.3. The van der Waals surface area contributed by atoms with Crippen LogP contribution in [0.1, 0.15) is 94.5 Å². The van der Waals surface area contributed by atoms with Gasteiger partial charge in [0.25, 0.3) is 0 Å². The van der Waals surface area contributed by atoms with Crippen LogP contribution in [0, 0.1) is 55.4 Å². The van der Waals surface area contributed by atoms with Crippen molar-refractivity contribution in [3.8, 4) is 22.3 Å². The fraction of sp³-hybridized carbons (Fsp3) is 0.206. The van der Waals surface area contributed by atoms with Crippen molar-refractivity contribution in [3.05, 3.63) is 212 Å². The van der Waals surface area contributed by atoms with Gasteiger partial charge in [-0.15, -0.1) is 0 Å². The van der Waals surface area contributed by atoms with Crippen molar-refractivity contribution >= 4 is 78.0 Å². The van der Waals surface area contributed by atoms with Gasteiger partial charge in [0.05, 0.1) is 16.8 Å². The molecule has 72 heavy (non-hydrogen) atoms. The summed E-state index contributed by atoms with van der Waals surface area (Å²) >= 11 is 0. The molecule has 0 amide bonds. The lowest BCUT2D eigenvalue weighted by Crippen LogP contribution is -2.24. The summed E-state index contributed by atoms with van der Waals surface area (Å²) in [5.41, 5.74) is 29.7. The smallest absolute Gasteiger partial charge is 0.160 e. The van der Waals surface area contributed by atoms with Crippen molar-refractivity contribution in [1.29, 1.82) is 0 Å². The molecule has 0 fully saturated rings. The molecular formula is C68H60N2O2. The van der Waals surface area contributed by atoms with Crippen molar-refractivity contribution in [3.63, 3.8) is 0 Å². The van der Waals surface area contributed by atoms with Gasteiger partial charge in [-0.1, -0.05) is 147 Å². The van der Waals surface area contributed by atoms with Crippen LogP contribution in [-0.4, -0.2) is 0 Å². The summed E-state index contributed by atoms with van der Waals surface area (Å²) in [7, 11) is 0. The molecular weight excluding hydrogens is 877 g/mol. The minimum Gasteiger partial charge on any atom is -0.455 e. The van der Waals surface area contributed by atoms with Gasteiger partial charge in [0.15, 0.2) is 5.58 Å². The Morgan fingerprint density at radius 3 is 1.18 bits per heavy atom. The second-order valence-corrected chi connectivity index (χ2v) is 22.2. The highest BCUT2D eigenvalue weighted by Crippen LogP contribution is 2.64. The van der Waals surface area contributed by atoms with Crippen LogP contribution in [0.3, 0.4) is 0 Å². The second-order valence-electron chi connectivity index (χ2n) is 22.2. The van der Waals surface area contributed by atoms with E-state index in [4.69, 9.17) is 8.83 Å². The zero-order valence-corrected chi connectivity index (χ0v) is 43.6. The SMILES string of the molecule is Cc1ccc(N(c2ccc(C)cc2C)c2cc3c(c4c2oc2ccccc24)-c2ccc4c(c2C3(C)C)C(C)(C)c2cc(N(c3ccc(C)cc3C)c3ccc(C)cc3C)c3c(oc5ccccc53)c2-4)c(C)c1. The number of nitrogens with zero attached hydrogens (tertiary/aromatic N) is 2. The summed E-state index contributed by atoms with van der Waals surface area (Å²) in [6.45, 7) is 27.5. The van der Waals surface area contributed by atoms with E-state index < -0.39 is 10.8 Å². The Balaban J connectivity index is 1.10. The number of fused-ring (bicyclic) bond motifs is 15. The molecule has 0 spiro atoms. The Hall–Kier alpha value is -7.82. The van der Waals surface area contributed by atoms with Gasteiger partial charge in [0, 0.05) is 55.3 Å². The largest absolute Gasteiger partial charge is 0.455 e. The average molecular weight is 937 g/mol. The number of para-hydroxylation sites is 2. The van der Waals surface area contributed by atoms with Crippen molar-refractivity contribution < 1.29 is 8.83 Å². The maximum atomic E-state index is 7.25. The molecule has 4 heteroatoms. The topological polar surface area (TPSA) is 32.8 Å². The first kappa shape index (κ1) is 44.1. The zero-order valence-electron chi connectivity index (χ0n) is 43.6. The van der Waals surface area contributed by atoms with E-state index in [0.29, 0.717) is 0 Å². The van der Waals surface area contributed by atoms with E-state index in [1.54, 1.807) is 0 Å². The number of hydrogen-bond acceptors (Lipinski definition) is 4. The van der Waals surface area contributed by atoms with E-state index >= 15 is 0 Å². The van der Waals surface area contributed by atoms with Gasteiger partial charge < -0.3 is 18.6 Å². The van der Waals surface area contributed by atoms with E-state index in [1.165, 1.54) is 89.0 Å². The predicted molar refractivity (Wildman–Crippen MR) is 303 cm³/mol. The molecule has 0 atom stereocenters. The summed E-state index contributed by atoms with van der Waals surface area (Å²) < 4.78 is 14.4. The molecule has 0 bridgehead atoms. The lowest BCUT2D eigenvalue weighted by atomic mass is 9.72. The summed E-state index contributed by atoms with van der Waals surface area (Å²) in [4.78, 5) is 4.98. The Kier molecular flexibility index (Phi) is 9.41. The molecule has 2 aliphatic rings. The molecule has 0 radical (unpaired) electrons. The Labute approximate surface area is 423 Å². The molecule has 2 aliphatic carbocycles. The molecule has 0 aliphatic heterocycles. The summed E-state index contributed by atoms with van der Waals surface area (Å²) in [6.07, 6.45) is 0. The fourth-order valence-corrected chi connectivity index (χ4v) is 13.2. The van der Waals surface area contributed by atoms with Gasteiger partial charge in [-0.2, -0.15) is 0 Å². The van der Waals surface area contributed by atoms with Crippen LogP contribution >= 0.6 is 0 Å². The Morgan fingerprint density at radius 2 is 0.722 bits per heavy atom. The van der Waals surface area contributed by atoms with Crippen LogP contribution in [0.2, 0.25) is 0 Å². The zero-order chi connectivity index (χ0) is 49.9. The van der Waals surface area contributed by atoms with Crippen LogP contribution in [0.15, 0.2) is 154 Å². The Bertz CT molecular complexity index is 4050. The minimum absolute atomic E-state index is 0.410. The molecule has 2 aromatic heterocycles. The lowest BCUT2D eigenvalue weighted by Gasteiger charge is -2.33. The van der Waals surface area contributed by atoms with E-state index in [9.17, 15) is 0 Å².